The van der Waals surface area contributed by atoms with Gasteiger partial charge in [0.2, 0.25) is 5.88 Å². The summed E-state index contributed by atoms with van der Waals surface area (Å²) >= 11 is 1.44. The van der Waals surface area contributed by atoms with Crippen molar-refractivity contribution in [3.8, 4) is 5.88 Å². The number of nitrogens with zero attached hydrogens (tertiary/aromatic N) is 3. The molecule has 0 radical (unpaired) electrons. The Balaban J connectivity index is 1.38. The van der Waals surface area contributed by atoms with Crippen LogP contribution >= 0.6 is 11.3 Å². The molecule has 3 aliphatic rings. The minimum absolute atomic E-state index is 0.108. The standard InChI is InChI=1S/C20H24N4O4S/c1-26-17-15-16(14(9-21-17)13-3-8-27-10-13)29-18(22-15)23-19(25)24-6-5-20(11-24)4-2-7-28-12-20/h3,9H,2,4-8,10-12H2,1H3,(H,22,23,25). The molecule has 0 aliphatic carbocycles. The van der Waals surface area contributed by atoms with E-state index in [0.29, 0.717) is 29.7 Å². The lowest BCUT2D eigenvalue weighted by atomic mass is 9.82. The van der Waals surface area contributed by atoms with Crippen molar-refractivity contribution in [2.45, 2.75) is 19.3 Å². The van der Waals surface area contributed by atoms with Crippen LogP contribution in [0.5, 0.6) is 5.88 Å². The van der Waals surface area contributed by atoms with Gasteiger partial charge in [0.25, 0.3) is 0 Å². The van der Waals surface area contributed by atoms with E-state index in [1.165, 1.54) is 11.3 Å². The Morgan fingerprint density at radius 1 is 1.38 bits per heavy atom. The van der Waals surface area contributed by atoms with Crippen LogP contribution < -0.4 is 10.1 Å². The molecule has 2 amide bonds. The molecule has 0 aromatic carbocycles. The number of pyridine rings is 1. The van der Waals surface area contributed by atoms with E-state index < -0.39 is 0 Å². The number of urea groups is 1. The number of thiazole rings is 1. The fraction of sp³-hybridized carbons (Fsp3) is 0.550. The van der Waals surface area contributed by atoms with Crippen LogP contribution in [0.4, 0.5) is 9.93 Å². The van der Waals surface area contributed by atoms with Crippen LogP contribution in [0.2, 0.25) is 0 Å². The zero-order chi connectivity index (χ0) is 19.8. The third-order valence-electron chi connectivity index (χ3n) is 5.97. The molecular weight excluding hydrogens is 392 g/mol. The quantitative estimate of drug-likeness (QED) is 0.827. The number of ether oxygens (including phenoxy) is 3. The van der Waals surface area contributed by atoms with Crippen LogP contribution in [-0.2, 0) is 9.47 Å². The maximum Gasteiger partial charge on any atom is 0.323 e. The topological polar surface area (TPSA) is 85.8 Å². The summed E-state index contributed by atoms with van der Waals surface area (Å²) in [6.07, 6.45) is 7.04. The molecule has 9 heteroatoms. The first kappa shape index (κ1) is 18.8. The van der Waals surface area contributed by atoms with Gasteiger partial charge in [0.05, 0.1) is 31.6 Å². The lowest BCUT2D eigenvalue weighted by molar-refractivity contribution is -0.000213. The van der Waals surface area contributed by atoms with E-state index in [2.05, 4.69) is 21.4 Å². The largest absolute Gasteiger partial charge is 0.479 e. The monoisotopic (exact) mass is 416 g/mol. The summed E-state index contributed by atoms with van der Waals surface area (Å²) in [5, 5.41) is 3.54. The second-order valence-electron chi connectivity index (χ2n) is 7.88. The number of carbonyl (C=O) groups excluding carboxylic acids is 1. The predicted molar refractivity (Wildman–Crippen MR) is 110 cm³/mol. The van der Waals surface area contributed by atoms with Crippen molar-refractivity contribution >= 4 is 38.3 Å². The second-order valence-corrected chi connectivity index (χ2v) is 8.88. The van der Waals surface area contributed by atoms with Crippen LogP contribution in [-0.4, -0.2) is 67.5 Å². The summed E-state index contributed by atoms with van der Waals surface area (Å²) in [5.74, 6) is 0.458. The first-order chi connectivity index (χ1) is 14.2. The molecule has 1 spiro atoms. The molecule has 5 rings (SSSR count). The van der Waals surface area contributed by atoms with Gasteiger partial charge in [-0.2, -0.15) is 0 Å². The van der Waals surface area contributed by atoms with E-state index in [9.17, 15) is 4.79 Å². The van der Waals surface area contributed by atoms with Crippen molar-refractivity contribution in [3.63, 3.8) is 0 Å². The van der Waals surface area contributed by atoms with E-state index in [0.717, 1.165) is 61.4 Å². The van der Waals surface area contributed by atoms with Crippen LogP contribution in [0.25, 0.3) is 15.8 Å². The SMILES string of the molecule is COc1ncc(C2=CCOC2)c2sc(NC(=O)N3CCC4(CCCOC4)C3)nc12. The Bertz CT molecular complexity index is 967. The Morgan fingerprint density at radius 3 is 3.07 bits per heavy atom. The minimum Gasteiger partial charge on any atom is -0.479 e. The highest BCUT2D eigenvalue weighted by molar-refractivity contribution is 7.22. The number of carbonyl (C=O) groups is 1. The molecule has 1 unspecified atom stereocenters. The van der Waals surface area contributed by atoms with Crippen molar-refractivity contribution in [1.82, 2.24) is 14.9 Å². The summed E-state index contributed by atoms with van der Waals surface area (Å²) < 4.78 is 17.5. The van der Waals surface area contributed by atoms with Gasteiger partial charge in [-0.15, -0.1) is 0 Å². The smallest absolute Gasteiger partial charge is 0.323 e. The fourth-order valence-electron chi connectivity index (χ4n) is 4.41. The summed E-state index contributed by atoms with van der Waals surface area (Å²) in [6, 6.07) is -0.108. The van der Waals surface area contributed by atoms with Gasteiger partial charge in [-0.3, -0.25) is 5.32 Å². The van der Waals surface area contributed by atoms with Crippen LogP contribution in [0, 0.1) is 5.41 Å². The number of aromatic nitrogens is 2. The Labute approximate surface area is 172 Å². The van der Waals surface area contributed by atoms with Gasteiger partial charge >= 0.3 is 6.03 Å². The summed E-state index contributed by atoms with van der Waals surface area (Å²) in [5.41, 5.74) is 2.86. The highest BCUT2D eigenvalue weighted by atomic mass is 32.1. The lowest BCUT2D eigenvalue weighted by Gasteiger charge is -2.32. The first-order valence-electron chi connectivity index (χ1n) is 9.92. The molecule has 0 bridgehead atoms. The maximum atomic E-state index is 12.9. The highest BCUT2D eigenvalue weighted by Crippen LogP contribution is 2.39. The number of anilines is 1. The fourth-order valence-corrected chi connectivity index (χ4v) is 5.40. The maximum absolute atomic E-state index is 12.9. The van der Waals surface area contributed by atoms with Gasteiger partial charge in [-0.1, -0.05) is 17.4 Å². The third kappa shape index (κ3) is 3.47. The number of hydrogen-bond acceptors (Lipinski definition) is 7. The molecule has 8 nitrogen and oxygen atoms in total. The van der Waals surface area contributed by atoms with Gasteiger partial charge in [0, 0.05) is 36.9 Å². The van der Waals surface area contributed by atoms with E-state index in [4.69, 9.17) is 14.2 Å². The molecular formula is C20H24N4O4S. The number of fused-ring (bicyclic) bond motifs is 1. The highest BCUT2D eigenvalue weighted by Gasteiger charge is 2.41. The molecule has 1 atom stereocenters. The number of hydrogen-bond donors (Lipinski definition) is 1. The van der Waals surface area contributed by atoms with Crippen LogP contribution in [0.15, 0.2) is 12.3 Å². The molecule has 0 saturated carbocycles. The number of nitrogens with one attached hydrogen (secondary N) is 1. The van der Waals surface area contributed by atoms with Gasteiger partial charge in [0.15, 0.2) is 5.13 Å². The molecule has 2 saturated heterocycles. The number of amides is 2. The Morgan fingerprint density at radius 2 is 2.31 bits per heavy atom. The second kappa shape index (κ2) is 7.55. The first-order valence-corrected chi connectivity index (χ1v) is 10.7. The van der Waals surface area contributed by atoms with E-state index in [1.807, 2.05) is 4.90 Å². The number of likely N-dealkylation sites (tertiary alicyclic amines) is 1. The average Bonchev–Trinajstić information content (AvgIpc) is 3.48. The van der Waals surface area contributed by atoms with E-state index in [-0.39, 0.29) is 11.4 Å². The van der Waals surface area contributed by atoms with Crippen molar-refractivity contribution in [2.24, 2.45) is 5.41 Å². The normalized spacial score (nSPS) is 24.3. The van der Waals surface area contributed by atoms with Crippen molar-refractivity contribution in [3.05, 3.63) is 17.8 Å². The molecule has 2 aromatic rings. The summed E-state index contributed by atoms with van der Waals surface area (Å²) in [6.45, 7) is 4.23. The van der Waals surface area contributed by atoms with Crippen LogP contribution in [0.1, 0.15) is 24.8 Å². The molecule has 3 aliphatic heterocycles. The van der Waals surface area contributed by atoms with Gasteiger partial charge < -0.3 is 19.1 Å². The van der Waals surface area contributed by atoms with E-state index >= 15 is 0 Å². The van der Waals surface area contributed by atoms with E-state index in [1.54, 1.807) is 13.3 Å². The molecule has 1 N–H and O–H groups in total. The zero-order valence-electron chi connectivity index (χ0n) is 16.4. The molecule has 29 heavy (non-hydrogen) atoms. The Kier molecular flexibility index (Phi) is 4.89. The predicted octanol–water partition coefficient (Wildman–Crippen LogP) is 3.15. The van der Waals surface area contributed by atoms with Crippen molar-refractivity contribution in [2.75, 3.05) is 51.9 Å². The number of methoxy groups -OCH3 is 1. The van der Waals surface area contributed by atoms with Crippen molar-refractivity contribution < 1.29 is 19.0 Å². The third-order valence-corrected chi connectivity index (χ3v) is 6.98. The molecule has 5 heterocycles. The summed E-state index contributed by atoms with van der Waals surface area (Å²) in [7, 11) is 1.58. The minimum atomic E-state index is -0.108. The van der Waals surface area contributed by atoms with Crippen molar-refractivity contribution in [1.29, 1.82) is 0 Å². The number of rotatable bonds is 3. The lowest BCUT2D eigenvalue weighted by Crippen LogP contribution is -2.38. The van der Waals surface area contributed by atoms with Gasteiger partial charge in [-0.05, 0) is 24.8 Å². The van der Waals surface area contributed by atoms with Crippen LogP contribution in [0.3, 0.4) is 0 Å². The Hall–Kier alpha value is -2.23. The molecule has 2 aromatic heterocycles. The summed E-state index contributed by atoms with van der Waals surface area (Å²) in [4.78, 5) is 23.8. The molecule has 2 fully saturated rings. The zero-order valence-corrected chi connectivity index (χ0v) is 17.2. The average molecular weight is 417 g/mol. The van der Waals surface area contributed by atoms with Gasteiger partial charge in [0.1, 0.15) is 5.52 Å². The van der Waals surface area contributed by atoms with Gasteiger partial charge in [-0.25, -0.2) is 14.8 Å². The molecule has 154 valence electrons.